The molecule has 0 atom stereocenters. The van der Waals surface area contributed by atoms with Crippen molar-refractivity contribution in [1.29, 1.82) is 0 Å². The number of nitrogens with one attached hydrogen (secondary N) is 2. The highest BCUT2D eigenvalue weighted by Crippen LogP contribution is 2.16. The summed E-state index contributed by atoms with van der Waals surface area (Å²) in [5, 5.41) is 9.20. The lowest BCUT2D eigenvalue weighted by molar-refractivity contribution is 0.236. The molecule has 1 aliphatic rings. The number of nitrogens with zero attached hydrogens (tertiary/aromatic N) is 1. The number of amides is 2. The van der Waals surface area contributed by atoms with Crippen molar-refractivity contribution in [1.82, 2.24) is 15.6 Å². The van der Waals surface area contributed by atoms with Gasteiger partial charge >= 0.3 is 6.03 Å². The van der Waals surface area contributed by atoms with E-state index >= 15 is 0 Å². The molecule has 1 fully saturated rings. The van der Waals surface area contributed by atoms with Crippen LogP contribution in [-0.4, -0.2) is 35.1 Å². The molecule has 0 radical (unpaired) electrons. The van der Waals surface area contributed by atoms with Crippen molar-refractivity contribution in [2.24, 2.45) is 0 Å². The molecule has 1 saturated heterocycles. The molecule has 0 aliphatic carbocycles. The number of thioether (sulfide) groups is 1. The summed E-state index contributed by atoms with van der Waals surface area (Å²) in [6.07, 6.45) is 3.97. The predicted molar refractivity (Wildman–Crippen MR) is 82.1 cm³/mol. The Morgan fingerprint density at radius 1 is 1.47 bits per heavy atom. The zero-order valence-electron chi connectivity index (χ0n) is 11.3. The van der Waals surface area contributed by atoms with Crippen LogP contribution in [0.4, 0.5) is 4.79 Å². The van der Waals surface area contributed by atoms with Gasteiger partial charge in [0.05, 0.1) is 10.7 Å². The molecular formula is C13H21N3OS2. The highest BCUT2D eigenvalue weighted by molar-refractivity contribution is 7.99. The summed E-state index contributed by atoms with van der Waals surface area (Å²) in [4.78, 5) is 16.2. The zero-order chi connectivity index (χ0) is 13.5. The molecule has 2 rings (SSSR count). The van der Waals surface area contributed by atoms with Crippen LogP contribution in [0.25, 0.3) is 0 Å². The van der Waals surface area contributed by atoms with Crippen molar-refractivity contribution in [2.45, 2.75) is 38.6 Å². The minimum absolute atomic E-state index is 0.0390. The second kappa shape index (κ2) is 7.75. The van der Waals surface area contributed by atoms with E-state index in [9.17, 15) is 4.79 Å². The summed E-state index contributed by atoms with van der Waals surface area (Å²) in [6, 6.07) is 0.315. The molecule has 1 aromatic rings. The standard InChI is InChI=1S/C13H21N3OS2/c1-2-12-15-11(9-19-12)3-6-14-13(17)16-10-4-7-18-8-5-10/h9-10H,2-8H2,1H3,(H2,14,16,17). The molecule has 4 nitrogen and oxygen atoms in total. The fourth-order valence-corrected chi connectivity index (χ4v) is 3.89. The minimum Gasteiger partial charge on any atom is -0.338 e. The van der Waals surface area contributed by atoms with Gasteiger partial charge in [0.25, 0.3) is 0 Å². The number of carbonyl (C=O) groups is 1. The fourth-order valence-electron chi connectivity index (χ4n) is 2.01. The van der Waals surface area contributed by atoms with Crippen LogP contribution in [0.1, 0.15) is 30.5 Å². The normalized spacial score (nSPS) is 16.3. The number of aryl methyl sites for hydroxylation is 1. The molecule has 0 aromatic carbocycles. The number of thiazole rings is 1. The van der Waals surface area contributed by atoms with Crippen LogP contribution in [0.2, 0.25) is 0 Å². The molecule has 0 bridgehead atoms. The third-order valence-electron chi connectivity index (χ3n) is 3.12. The number of carbonyl (C=O) groups excluding carboxylic acids is 1. The summed E-state index contributed by atoms with van der Waals surface area (Å²) in [5.74, 6) is 2.31. The molecule has 2 N–H and O–H groups in total. The predicted octanol–water partition coefficient (Wildman–Crippen LogP) is 2.44. The molecule has 6 heteroatoms. The van der Waals surface area contributed by atoms with Gasteiger partial charge in [-0.3, -0.25) is 0 Å². The third-order valence-corrected chi connectivity index (χ3v) is 5.22. The van der Waals surface area contributed by atoms with E-state index in [1.54, 1.807) is 11.3 Å². The van der Waals surface area contributed by atoms with E-state index < -0.39 is 0 Å². The molecule has 2 amide bonds. The van der Waals surface area contributed by atoms with Crippen LogP contribution in [0, 0.1) is 0 Å². The fraction of sp³-hybridized carbons (Fsp3) is 0.692. The summed E-state index contributed by atoms with van der Waals surface area (Å²) in [6.45, 7) is 2.76. The van der Waals surface area contributed by atoms with E-state index in [0.29, 0.717) is 12.6 Å². The smallest absolute Gasteiger partial charge is 0.315 e. The van der Waals surface area contributed by atoms with Crippen molar-refractivity contribution >= 4 is 29.1 Å². The van der Waals surface area contributed by atoms with Gasteiger partial charge in [0.1, 0.15) is 0 Å². The first-order chi connectivity index (χ1) is 9.28. The van der Waals surface area contributed by atoms with Crippen LogP contribution in [0.15, 0.2) is 5.38 Å². The minimum atomic E-state index is -0.0390. The SMILES string of the molecule is CCc1nc(CCNC(=O)NC2CCSCC2)cs1. The Labute approximate surface area is 122 Å². The van der Waals surface area contributed by atoms with E-state index in [1.165, 1.54) is 5.01 Å². The van der Waals surface area contributed by atoms with E-state index in [1.807, 2.05) is 11.8 Å². The van der Waals surface area contributed by atoms with Gasteiger partial charge in [0.2, 0.25) is 0 Å². The van der Waals surface area contributed by atoms with Gasteiger partial charge in [0.15, 0.2) is 0 Å². The van der Waals surface area contributed by atoms with Crippen LogP contribution in [0.3, 0.4) is 0 Å². The first-order valence-corrected chi connectivity index (χ1v) is 8.86. The van der Waals surface area contributed by atoms with E-state index in [0.717, 1.165) is 42.9 Å². The highest BCUT2D eigenvalue weighted by atomic mass is 32.2. The van der Waals surface area contributed by atoms with E-state index in [4.69, 9.17) is 0 Å². The quantitative estimate of drug-likeness (QED) is 0.878. The summed E-state index contributed by atoms with van der Waals surface area (Å²) >= 11 is 3.66. The first-order valence-electron chi connectivity index (χ1n) is 6.83. The van der Waals surface area contributed by atoms with Gasteiger partial charge in [-0.1, -0.05) is 6.92 Å². The molecular weight excluding hydrogens is 278 g/mol. The largest absolute Gasteiger partial charge is 0.338 e. The number of hydrogen-bond donors (Lipinski definition) is 2. The summed E-state index contributed by atoms with van der Waals surface area (Å²) < 4.78 is 0. The average molecular weight is 299 g/mol. The average Bonchev–Trinajstić information content (AvgIpc) is 2.88. The first kappa shape index (κ1) is 14.7. The monoisotopic (exact) mass is 299 g/mol. The number of aromatic nitrogens is 1. The number of hydrogen-bond acceptors (Lipinski definition) is 4. The molecule has 19 heavy (non-hydrogen) atoms. The lowest BCUT2D eigenvalue weighted by Crippen LogP contribution is -2.44. The van der Waals surface area contributed by atoms with Crippen LogP contribution < -0.4 is 10.6 Å². The van der Waals surface area contributed by atoms with Crippen LogP contribution in [0.5, 0.6) is 0 Å². The van der Waals surface area contributed by atoms with Crippen molar-refractivity contribution in [2.75, 3.05) is 18.1 Å². The van der Waals surface area contributed by atoms with E-state index in [2.05, 4.69) is 27.9 Å². The van der Waals surface area contributed by atoms with Crippen LogP contribution in [-0.2, 0) is 12.8 Å². The lowest BCUT2D eigenvalue weighted by atomic mass is 10.2. The Kier molecular flexibility index (Phi) is 5.97. The second-order valence-corrected chi connectivity index (χ2v) is 6.79. The lowest BCUT2D eigenvalue weighted by Gasteiger charge is -2.22. The maximum Gasteiger partial charge on any atom is 0.315 e. The molecule has 0 saturated carbocycles. The zero-order valence-corrected chi connectivity index (χ0v) is 12.9. The Balaban J connectivity index is 1.63. The van der Waals surface area contributed by atoms with Gasteiger partial charge < -0.3 is 10.6 Å². The Hall–Kier alpha value is -0.750. The molecule has 0 spiro atoms. The molecule has 2 heterocycles. The van der Waals surface area contributed by atoms with Gasteiger partial charge in [-0.05, 0) is 30.8 Å². The highest BCUT2D eigenvalue weighted by Gasteiger charge is 2.15. The van der Waals surface area contributed by atoms with Crippen molar-refractivity contribution in [3.63, 3.8) is 0 Å². The Bertz CT molecular complexity index is 402. The third kappa shape index (κ3) is 5.03. The van der Waals surface area contributed by atoms with Crippen molar-refractivity contribution < 1.29 is 4.79 Å². The maximum absolute atomic E-state index is 11.7. The van der Waals surface area contributed by atoms with Gasteiger partial charge in [-0.2, -0.15) is 11.8 Å². The Morgan fingerprint density at radius 3 is 2.95 bits per heavy atom. The summed E-state index contributed by atoms with van der Waals surface area (Å²) in [5.41, 5.74) is 1.08. The Morgan fingerprint density at radius 2 is 2.26 bits per heavy atom. The number of rotatable bonds is 5. The van der Waals surface area contributed by atoms with Gasteiger partial charge in [-0.15, -0.1) is 11.3 Å². The molecule has 1 aliphatic heterocycles. The van der Waals surface area contributed by atoms with Crippen molar-refractivity contribution in [3.8, 4) is 0 Å². The maximum atomic E-state index is 11.7. The second-order valence-electron chi connectivity index (χ2n) is 4.62. The molecule has 0 unspecified atom stereocenters. The number of urea groups is 1. The van der Waals surface area contributed by atoms with Gasteiger partial charge in [-0.25, -0.2) is 9.78 Å². The topological polar surface area (TPSA) is 54.0 Å². The van der Waals surface area contributed by atoms with E-state index in [-0.39, 0.29) is 6.03 Å². The molecule has 1 aromatic heterocycles. The van der Waals surface area contributed by atoms with Crippen LogP contribution >= 0.6 is 23.1 Å². The van der Waals surface area contributed by atoms with Gasteiger partial charge in [0, 0.05) is 24.4 Å². The van der Waals surface area contributed by atoms with Crippen molar-refractivity contribution in [3.05, 3.63) is 16.1 Å². The molecule has 106 valence electrons. The summed E-state index contributed by atoms with van der Waals surface area (Å²) in [7, 11) is 0.